The number of para-hydroxylation sites is 1. The lowest BCUT2D eigenvalue weighted by atomic mass is 10.0. The largest absolute Gasteiger partial charge is 0.341 e. The number of rotatable bonds is 1. The second kappa shape index (κ2) is 4.42. The normalized spacial score (nSPS) is 14.5. The molecule has 1 aliphatic rings. The minimum atomic E-state index is 0.797. The van der Waals surface area contributed by atoms with Gasteiger partial charge in [-0.2, -0.15) is 0 Å². The van der Waals surface area contributed by atoms with Crippen LogP contribution in [0.1, 0.15) is 12.0 Å². The van der Waals surface area contributed by atoms with Crippen molar-refractivity contribution in [3.63, 3.8) is 0 Å². The molecule has 0 saturated carbocycles. The zero-order valence-electron chi connectivity index (χ0n) is 9.57. The fraction of sp³-hybridized carbons (Fsp3) is 0.200. The second-order valence-electron chi connectivity index (χ2n) is 4.36. The molecule has 0 spiro atoms. The lowest BCUT2D eigenvalue weighted by molar-refractivity contribution is 0.767. The summed E-state index contributed by atoms with van der Waals surface area (Å²) in [6, 6.07) is 16.7. The molecule has 0 radical (unpaired) electrons. The highest BCUT2D eigenvalue weighted by Crippen LogP contribution is 2.33. The van der Waals surface area contributed by atoms with Crippen molar-refractivity contribution in [1.82, 2.24) is 0 Å². The van der Waals surface area contributed by atoms with E-state index in [0.717, 1.165) is 11.6 Å². The molecule has 2 aromatic rings. The van der Waals surface area contributed by atoms with Gasteiger partial charge in [-0.15, -0.1) is 0 Å². The Balaban J connectivity index is 2.06. The number of hydrogen-bond acceptors (Lipinski definition) is 1. The molecule has 0 bridgehead atoms. The highest BCUT2D eigenvalue weighted by molar-refractivity contribution is 6.30. The maximum absolute atomic E-state index is 6.06. The van der Waals surface area contributed by atoms with E-state index in [2.05, 4.69) is 35.2 Å². The average Bonchev–Trinajstić information content (AvgIpc) is 2.38. The van der Waals surface area contributed by atoms with Gasteiger partial charge in [0, 0.05) is 22.9 Å². The van der Waals surface area contributed by atoms with Crippen molar-refractivity contribution in [3.8, 4) is 0 Å². The molecule has 1 nitrogen and oxygen atoms in total. The van der Waals surface area contributed by atoms with E-state index < -0.39 is 0 Å². The van der Waals surface area contributed by atoms with Gasteiger partial charge >= 0.3 is 0 Å². The first-order valence-corrected chi connectivity index (χ1v) is 6.33. The molecule has 0 fully saturated rings. The molecular formula is C15H14ClN. The van der Waals surface area contributed by atoms with Gasteiger partial charge < -0.3 is 4.90 Å². The van der Waals surface area contributed by atoms with E-state index in [1.165, 1.54) is 29.8 Å². The summed E-state index contributed by atoms with van der Waals surface area (Å²) in [5.41, 5.74) is 3.93. The number of halogens is 1. The fourth-order valence-corrected chi connectivity index (χ4v) is 2.63. The number of benzene rings is 2. The number of aryl methyl sites for hydroxylation is 1. The molecule has 1 aliphatic heterocycles. The summed E-state index contributed by atoms with van der Waals surface area (Å²) < 4.78 is 0. The number of fused-ring (bicyclic) bond motifs is 1. The van der Waals surface area contributed by atoms with Crippen LogP contribution in [0.2, 0.25) is 5.02 Å². The van der Waals surface area contributed by atoms with Gasteiger partial charge in [-0.1, -0.05) is 35.9 Å². The summed E-state index contributed by atoms with van der Waals surface area (Å²) >= 11 is 6.06. The first kappa shape index (κ1) is 10.7. The van der Waals surface area contributed by atoms with Crippen LogP contribution < -0.4 is 4.90 Å². The third-order valence-electron chi connectivity index (χ3n) is 3.23. The van der Waals surface area contributed by atoms with E-state index in [-0.39, 0.29) is 0 Å². The zero-order chi connectivity index (χ0) is 11.7. The smallest absolute Gasteiger partial charge is 0.0443 e. The van der Waals surface area contributed by atoms with Crippen LogP contribution in [0.25, 0.3) is 0 Å². The molecule has 2 aromatic carbocycles. The topological polar surface area (TPSA) is 3.24 Å². The summed E-state index contributed by atoms with van der Waals surface area (Å²) in [5, 5.41) is 0.797. The highest BCUT2D eigenvalue weighted by Gasteiger charge is 2.17. The monoisotopic (exact) mass is 243 g/mol. The van der Waals surface area contributed by atoms with Crippen molar-refractivity contribution in [1.29, 1.82) is 0 Å². The van der Waals surface area contributed by atoms with Gasteiger partial charge in [0.2, 0.25) is 0 Å². The van der Waals surface area contributed by atoms with Gasteiger partial charge in [0.25, 0.3) is 0 Å². The van der Waals surface area contributed by atoms with Crippen LogP contribution >= 0.6 is 11.6 Å². The molecule has 1 heterocycles. The van der Waals surface area contributed by atoms with Crippen molar-refractivity contribution in [2.45, 2.75) is 12.8 Å². The van der Waals surface area contributed by atoms with Crippen LogP contribution in [0, 0.1) is 0 Å². The van der Waals surface area contributed by atoms with Crippen LogP contribution in [0.15, 0.2) is 48.5 Å². The Morgan fingerprint density at radius 1 is 1.00 bits per heavy atom. The van der Waals surface area contributed by atoms with E-state index in [1.54, 1.807) is 0 Å². The number of anilines is 2. The van der Waals surface area contributed by atoms with Crippen LogP contribution in [-0.2, 0) is 6.42 Å². The summed E-state index contributed by atoms with van der Waals surface area (Å²) in [6.07, 6.45) is 2.37. The molecule has 0 atom stereocenters. The van der Waals surface area contributed by atoms with Crippen molar-refractivity contribution >= 4 is 23.0 Å². The molecule has 2 heteroatoms. The Labute approximate surface area is 107 Å². The predicted octanol–water partition coefficient (Wildman–Crippen LogP) is 4.42. The maximum Gasteiger partial charge on any atom is 0.0443 e. The number of nitrogens with zero attached hydrogens (tertiary/aromatic N) is 1. The third kappa shape index (κ3) is 2.03. The molecule has 0 saturated heterocycles. The van der Waals surface area contributed by atoms with Gasteiger partial charge in [0.15, 0.2) is 0 Å². The second-order valence-corrected chi connectivity index (χ2v) is 4.80. The van der Waals surface area contributed by atoms with E-state index in [4.69, 9.17) is 11.6 Å². The van der Waals surface area contributed by atoms with Gasteiger partial charge in [-0.3, -0.25) is 0 Å². The quantitative estimate of drug-likeness (QED) is 0.717. The Morgan fingerprint density at radius 3 is 2.76 bits per heavy atom. The molecule has 86 valence electrons. The van der Waals surface area contributed by atoms with Crippen molar-refractivity contribution in [2.75, 3.05) is 11.4 Å². The van der Waals surface area contributed by atoms with Gasteiger partial charge in [-0.25, -0.2) is 0 Å². The van der Waals surface area contributed by atoms with Gasteiger partial charge in [-0.05, 0) is 42.7 Å². The summed E-state index contributed by atoms with van der Waals surface area (Å²) in [4.78, 5) is 2.35. The van der Waals surface area contributed by atoms with E-state index in [1.807, 2.05) is 18.2 Å². The summed E-state index contributed by atoms with van der Waals surface area (Å²) in [6.45, 7) is 1.07. The maximum atomic E-state index is 6.06. The summed E-state index contributed by atoms with van der Waals surface area (Å²) in [7, 11) is 0. The molecule has 0 unspecified atom stereocenters. The van der Waals surface area contributed by atoms with Gasteiger partial charge in [0.1, 0.15) is 0 Å². The van der Waals surface area contributed by atoms with Crippen molar-refractivity contribution in [3.05, 3.63) is 59.1 Å². The Bertz CT molecular complexity index is 536. The first-order valence-electron chi connectivity index (χ1n) is 5.95. The fourth-order valence-electron chi connectivity index (χ4n) is 2.45. The SMILES string of the molecule is Clc1cccc(N2CCCc3ccccc32)c1. The van der Waals surface area contributed by atoms with Crippen molar-refractivity contribution < 1.29 is 0 Å². The Kier molecular flexibility index (Phi) is 2.77. The van der Waals surface area contributed by atoms with E-state index >= 15 is 0 Å². The first-order chi connectivity index (χ1) is 8.34. The minimum absolute atomic E-state index is 0.797. The van der Waals surface area contributed by atoms with Crippen LogP contribution in [0.4, 0.5) is 11.4 Å². The Hall–Kier alpha value is -1.47. The molecular weight excluding hydrogens is 230 g/mol. The molecule has 0 N–H and O–H groups in total. The Morgan fingerprint density at radius 2 is 1.88 bits per heavy atom. The molecule has 3 rings (SSSR count). The van der Waals surface area contributed by atoms with Crippen LogP contribution in [-0.4, -0.2) is 6.54 Å². The lowest BCUT2D eigenvalue weighted by Crippen LogP contribution is -2.24. The van der Waals surface area contributed by atoms with Crippen LogP contribution in [0.3, 0.4) is 0 Å². The highest BCUT2D eigenvalue weighted by atomic mass is 35.5. The molecule has 0 amide bonds. The minimum Gasteiger partial charge on any atom is -0.341 e. The van der Waals surface area contributed by atoms with E-state index in [9.17, 15) is 0 Å². The standard InChI is InChI=1S/C15H14ClN/c16-13-7-3-8-14(11-13)17-10-4-6-12-5-1-2-9-15(12)17/h1-3,5,7-9,11H,4,6,10H2. The molecule has 17 heavy (non-hydrogen) atoms. The zero-order valence-corrected chi connectivity index (χ0v) is 10.3. The van der Waals surface area contributed by atoms with E-state index in [0.29, 0.717) is 0 Å². The van der Waals surface area contributed by atoms with Crippen molar-refractivity contribution in [2.24, 2.45) is 0 Å². The third-order valence-corrected chi connectivity index (χ3v) is 3.47. The predicted molar refractivity (Wildman–Crippen MR) is 73.2 cm³/mol. The number of hydrogen-bond donors (Lipinski definition) is 0. The van der Waals surface area contributed by atoms with Crippen LogP contribution in [0.5, 0.6) is 0 Å². The average molecular weight is 244 g/mol. The van der Waals surface area contributed by atoms with Gasteiger partial charge in [0.05, 0.1) is 0 Å². The summed E-state index contributed by atoms with van der Waals surface area (Å²) in [5.74, 6) is 0. The molecule has 0 aromatic heterocycles. The molecule has 0 aliphatic carbocycles. The lowest BCUT2D eigenvalue weighted by Gasteiger charge is -2.31.